The van der Waals surface area contributed by atoms with Crippen molar-refractivity contribution in [2.24, 2.45) is 14.1 Å². The molecule has 2 aromatic carbocycles. The number of Topliss-reactive ketones (excluding diaryl/α,β-unsaturated/α-hetero) is 1. The average molecular weight is 507 g/mol. The summed E-state index contributed by atoms with van der Waals surface area (Å²) in [5, 5.41) is 9.17. The lowest BCUT2D eigenvalue weighted by Crippen LogP contribution is -2.41. The third-order valence-corrected chi connectivity index (χ3v) is 6.81. The minimum Gasteiger partial charge on any atom is -0.454 e. The molecule has 36 heavy (non-hydrogen) atoms. The van der Waals surface area contributed by atoms with Crippen LogP contribution in [0.2, 0.25) is 0 Å². The maximum absolute atomic E-state index is 13.0. The first-order valence-corrected chi connectivity index (χ1v) is 11.9. The number of carbonyl (C=O) groups is 1. The molecule has 4 aromatic rings. The molecule has 0 saturated heterocycles. The number of nitrogen functional groups attached to an aromatic ring is 1. The Labute approximate surface area is 209 Å². The fourth-order valence-electron chi connectivity index (χ4n) is 3.88. The Morgan fingerprint density at radius 2 is 1.78 bits per heavy atom. The summed E-state index contributed by atoms with van der Waals surface area (Å²) >= 11 is 1.14. The van der Waals surface area contributed by atoms with Crippen molar-refractivity contribution in [1.82, 2.24) is 23.9 Å². The summed E-state index contributed by atoms with van der Waals surface area (Å²) in [6, 6.07) is 15.2. The number of nitrogens with two attached hydrogens (primary N) is 1. The van der Waals surface area contributed by atoms with Crippen LogP contribution in [0.25, 0.3) is 11.4 Å². The minimum absolute atomic E-state index is 0.119. The van der Waals surface area contributed by atoms with Crippen LogP contribution in [0, 0.1) is 0 Å². The molecule has 11 nitrogen and oxygen atoms in total. The highest BCUT2D eigenvalue weighted by atomic mass is 32.2. The summed E-state index contributed by atoms with van der Waals surface area (Å²) in [6.07, 6.45) is 0. The first-order chi connectivity index (χ1) is 17.3. The van der Waals surface area contributed by atoms with Crippen LogP contribution in [0.5, 0.6) is 11.5 Å². The van der Waals surface area contributed by atoms with E-state index in [2.05, 4.69) is 10.2 Å². The lowest BCUT2D eigenvalue weighted by atomic mass is 10.2. The van der Waals surface area contributed by atoms with Crippen molar-refractivity contribution in [1.29, 1.82) is 0 Å². The third kappa shape index (κ3) is 4.15. The standard InChI is InChI=1S/C24H22N6O5S/c1-28-20(25)19(22(32)29(2)24(28)33)16(31)12-36-23-27-26-21(15-6-4-3-5-7-15)30(23)11-14-8-9-17-18(10-14)35-13-34-17/h3-10H,11-13,25H2,1-2H3. The molecule has 0 atom stereocenters. The van der Waals surface area contributed by atoms with Crippen LogP contribution in [0.15, 0.2) is 63.3 Å². The topological polar surface area (TPSA) is 136 Å². The van der Waals surface area contributed by atoms with Crippen LogP contribution in [0.4, 0.5) is 5.82 Å². The highest BCUT2D eigenvalue weighted by molar-refractivity contribution is 7.99. The molecule has 1 aliphatic heterocycles. The number of benzene rings is 2. The highest BCUT2D eigenvalue weighted by Crippen LogP contribution is 2.33. The zero-order chi connectivity index (χ0) is 25.4. The minimum atomic E-state index is -0.729. The van der Waals surface area contributed by atoms with Gasteiger partial charge in [-0.3, -0.25) is 23.3 Å². The smallest absolute Gasteiger partial charge is 0.332 e. The molecule has 1 aliphatic rings. The quantitative estimate of drug-likeness (QED) is 0.293. The lowest BCUT2D eigenvalue weighted by Gasteiger charge is -2.12. The summed E-state index contributed by atoms with van der Waals surface area (Å²) in [6.45, 7) is 0.589. The Bertz CT molecular complexity index is 1590. The number of aromatic nitrogens is 5. The lowest BCUT2D eigenvalue weighted by molar-refractivity contribution is 0.102. The van der Waals surface area contributed by atoms with Gasteiger partial charge in [0.25, 0.3) is 5.56 Å². The van der Waals surface area contributed by atoms with Crippen LogP contribution in [0.1, 0.15) is 15.9 Å². The van der Waals surface area contributed by atoms with E-state index in [1.165, 1.54) is 14.1 Å². The number of carbonyl (C=O) groups excluding carboxylic acids is 1. The van der Waals surface area contributed by atoms with E-state index >= 15 is 0 Å². The number of hydrogen-bond donors (Lipinski definition) is 1. The van der Waals surface area contributed by atoms with Crippen LogP contribution >= 0.6 is 11.8 Å². The van der Waals surface area contributed by atoms with Gasteiger partial charge in [-0.2, -0.15) is 0 Å². The van der Waals surface area contributed by atoms with Gasteiger partial charge in [-0.05, 0) is 17.7 Å². The molecule has 0 radical (unpaired) electrons. The molecular weight excluding hydrogens is 484 g/mol. The summed E-state index contributed by atoms with van der Waals surface area (Å²) in [5.74, 6) is 1.18. The first-order valence-electron chi connectivity index (χ1n) is 10.9. The monoisotopic (exact) mass is 506 g/mol. The molecule has 0 bridgehead atoms. The van der Waals surface area contributed by atoms with Crippen molar-refractivity contribution < 1.29 is 14.3 Å². The first kappa shape index (κ1) is 23.4. The fourth-order valence-corrected chi connectivity index (χ4v) is 4.69. The highest BCUT2D eigenvalue weighted by Gasteiger charge is 2.23. The Morgan fingerprint density at radius 3 is 2.56 bits per heavy atom. The number of hydrogen-bond acceptors (Lipinski definition) is 9. The SMILES string of the molecule is Cn1c(N)c(C(=O)CSc2nnc(-c3ccccc3)n2Cc2ccc3c(c2)OCO3)c(=O)n(C)c1=O. The zero-order valence-electron chi connectivity index (χ0n) is 19.5. The molecule has 2 aromatic heterocycles. The number of nitrogens with zero attached hydrogens (tertiary/aromatic N) is 5. The van der Waals surface area contributed by atoms with Gasteiger partial charge in [0.1, 0.15) is 11.4 Å². The van der Waals surface area contributed by atoms with Gasteiger partial charge in [0.2, 0.25) is 6.79 Å². The predicted octanol–water partition coefficient (Wildman–Crippen LogP) is 1.68. The molecular formula is C24H22N6O5S. The van der Waals surface area contributed by atoms with E-state index in [9.17, 15) is 14.4 Å². The van der Waals surface area contributed by atoms with Gasteiger partial charge in [-0.15, -0.1) is 10.2 Å². The van der Waals surface area contributed by atoms with Crippen molar-refractivity contribution in [3.8, 4) is 22.9 Å². The van der Waals surface area contributed by atoms with Gasteiger partial charge < -0.3 is 15.2 Å². The summed E-state index contributed by atoms with van der Waals surface area (Å²) in [5.41, 5.74) is 6.18. The molecule has 5 rings (SSSR count). The molecule has 0 unspecified atom stereocenters. The largest absolute Gasteiger partial charge is 0.454 e. The molecule has 0 saturated carbocycles. The Hall–Kier alpha value is -4.32. The predicted molar refractivity (Wildman–Crippen MR) is 134 cm³/mol. The van der Waals surface area contributed by atoms with Crippen molar-refractivity contribution in [2.45, 2.75) is 11.7 Å². The van der Waals surface area contributed by atoms with E-state index in [4.69, 9.17) is 15.2 Å². The van der Waals surface area contributed by atoms with Crippen molar-refractivity contribution in [3.63, 3.8) is 0 Å². The molecule has 0 spiro atoms. The molecule has 0 amide bonds. The number of fused-ring (bicyclic) bond motifs is 1. The Balaban J connectivity index is 1.47. The van der Waals surface area contributed by atoms with Gasteiger partial charge in [-0.1, -0.05) is 48.2 Å². The van der Waals surface area contributed by atoms with Gasteiger partial charge in [0.05, 0.1) is 12.3 Å². The molecule has 184 valence electrons. The zero-order valence-corrected chi connectivity index (χ0v) is 20.3. The molecule has 0 aliphatic carbocycles. The number of ether oxygens (including phenoxy) is 2. The van der Waals surface area contributed by atoms with Crippen molar-refractivity contribution in [3.05, 3.63) is 80.5 Å². The Morgan fingerprint density at radius 1 is 1.03 bits per heavy atom. The number of ketones is 1. The molecule has 2 N–H and O–H groups in total. The second-order valence-corrected chi connectivity index (χ2v) is 9.07. The fraction of sp³-hybridized carbons (Fsp3) is 0.208. The van der Waals surface area contributed by atoms with E-state index in [1.807, 2.05) is 53.1 Å². The normalized spacial score (nSPS) is 12.2. The second-order valence-electron chi connectivity index (χ2n) is 8.12. The maximum Gasteiger partial charge on any atom is 0.332 e. The Kier molecular flexibility index (Phi) is 6.10. The number of rotatable bonds is 7. The number of anilines is 1. The van der Waals surface area contributed by atoms with E-state index in [0.29, 0.717) is 29.0 Å². The van der Waals surface area contributed by atoms with E-state index < -0.39 is 17.0 Å². The van der Waals surface area contributed by atoms with Crippen LogP contribution in [-0.2, 0) is 20.6 Å². The second kappa shape index (κ2) is 9.38. The van der Waals surface area contributed by atoms with Crippen LogP contribution in [-0.4, -0.2) is 42.2 Å². The van der Waals surface area contributed by atoms with Crippen molar-refractivity contribution in [2.75, 3.05) is 18.3 Å². The van der Waals surface area contributed by atoms with Crippen molar-refractivity contribution >= 4 is 23.4 Å². The summed E-state index contributed by atoms with van der Waals surface area (Å²) in [7, 11) is 2.72. The van der Waals surface area contributed by atoms with Gasteiger partial charge in [0.15, 0.2) is 28.3 Å². The summed E-state index contributed by atoms with van der Waals surface area (Å²) in [4.78, 5) is 37.7. The molecule has 0 fully saturated rings. The third-order valence-electron chi connectivity index (χ3n) is 5.85. The van der Waals surface area contributed by atoms with Gasteiger partial charge in [-0.25, -0.2) is 4.79 Å². The average Bonchev–Trinajstić information content (AvgIpc) is 3.52. The van der Waals surface area contributed by atoms with E-state index in [1.54, 1.807) is 0 Å². The van der Waals surface area contributed by atoms with E-state index in [-0.39, 0.29) is 23.9 Å². The molecule has 3 heterocycles. The maximum atomic E-state index is 13.0. The van der Waals surface area contributed by atoms with E-state index in [0.717, 1.165) is 32.0 Å². The van der Waals surface area contributed by atoms with Crippen LogP contribution in [0.3, 0.4) is 0 Å². The number of thioether (sulfide) groups is 1. The van der Waals surface area contributed by atoms with Gasteiger partial charge in [0, 0.05) is 19.7 Å². The van der Waals surface area contributed by atoms with Gasteiger partial charge >= 0.3 is 5.69 Å². The van der Waals surface area contributed by atoms with Crippen LogP contribution < -0.4 is 26.5 Å². The molecule has 12 heteroatoms. The summed E-state index contributed by atoms with van der Waals surface area (Å²) < 4.78 is 14.7.